The number of carbonyl (C=O) groups excluding carboxylic acids is 1. The van der Waals surface area contributed by atoms with Crippen molar-refractivity contribution in [3.8, 4) is 12.3 Å². The summed E-state index contributed by atoms with van der Waals surface area (Å²) < 4.78 is 5.24. The molecule has 3 heteroatoms. The maximum absolute atomic E-state index is 11.9. The van der Waals surface area contributed by atoms with Crippen LogP contribution < -0.4 is 5.32 Å². The van der Waals surface area contributed by atoms with Gasteiger partial charge in [0.25, 0.3) is 0 Å². The SMILES string of the molecule is C#CCC(CCc1ccccc1)NC(=O)OCc1ccccc1. The van der Waals surface area contributed by atoms with Crippen LogP contribution in [0.25, 0.3) is 0 Å². The van der Waals surface area contributed by atoms with Crippen LogP contribution in [0.2, 0.25) is 0 Å². The smallest absolute Gasteiger partial charge is 0.407 e. The minimum absolute atomic E-state index is 0.0801. The Morgan fingerprint density at radius 1 is 1.04 bits per heavy atom. The van der Waals surface area contributed by atoms with Gasteiger partial charge in [-0.1, -0.05) is 60.7 Å². The molecule has 2 aromatic carbocycles. The highest BCUT2D eigenvalue weighted by Crippen LogP contribution is 2.08. The van der Waals surface area contributed by atoms with Crippen LogP contribution in [0.4, 0.5) is 4.79 Å². The topological polar surface area (TPSA) is 38.3 Å². The lowest BCUT2D eigenvalue weighted by Gasteiger charge is -2.16. The molecule has 23 heavy (non-hydrogen) atoms. The molecule has 0 radical (unpaired) electrons. The average molecular weight is 307 g/mol. The van der Waals surface area contributed by atoms with Crippen LogP contribution >= 0.6 is 0 Å². The fourth-order valence-corrected chi connectivity index (χ4v) is 2.28. The van der Waals surface area contributed by atoms with Crippen LogP contribution in [-0.2, 0) is 17.8 Å². The van der Waals surface area contributed by atoms with Gasteiger partial charge in [-0.25, -0.2) is 4.79 Å². The summed E-state index contributed by atoms with van der Waals surface area (Å²) in [7, 11) is 0. The van der Waals surface area contributed by atoms with Crippen molar-refractivity contribution in [2.45, 2.75) is 31.9 Å². The van der Waals surface area contributed by atoms with E-state index in [4.69, 9.17) is 11.2 Å². The second kappa shape index (κ2) is 9.32. The number of alkyl carbamates (subject to hydrolysis) is 1. The maximum atomic E-state index is 11.9. The Hall–Kier alpha value is -2.73. The number of benzene rings is 2. The zero-order valence-corrected chi connectivity index (χ0v) is 13.1. The molecule has 0 spiro atoms. The third-order valence-electron chi connectivity index (χ3n) is 3.52. The summed E-state index contributed by atoms with van der Waals surface area (Å²) in [6.07, 6.45) is 7.12. The number of hydrogen-bond donors (Lipinski definition) is 1. The Morgan fingerprint density at radius 2 is 1.65 bits per heavy atom. The number of carbonyl (C=O) groups is 1. The van der Waals surface area contributed by atoms with Crippen LogP contribution in [-0.4, -0.2) is 12.1 Å². The molecule has 1 unspecified atom stereocenters. The number of rotatable bonds is 7. The standard InChI is InChI=1S/C20H21NO2/c1-2-9-19(15-14-17-10-5-3-6-11-17)21-20(22)23-16-18-12-7-4-8-13-18/h1,3-8,10-13,19H,9,14-16H2,(H,21,22). The van der Waals surface area contributed by atoms with Crippen LogP contribution in [0.15, 0.2) is 60.7 Å². The lowest BCUT2D eigenvalue weighted by molar-refractivity contribution is 0.135. The van der Waals surface area contributed by atoms with E-state index in [0.717, 1.165) is 18.4 Å². The van der Waals surface area contributed by atoms with Crippen molar-refractivity contribution in [1.82, 2.24) is 5.32 Å². The fourth-order valence-electron chi connectivity index (χ4n) is 2.28. The van der Waals surface area contributed by atoms with E-state index in [9.17, 15) is 4.79 Å². The Morgan fingerprint density at radius 3 is 2.26 bits per heavy atom. The minimum Gasteiger partial charge on any atom is -0.445 e. The van der Waals surface area contributed by atoms with Gasteiger partial charge in [0, 0.05) is 12.5 Å². The molecule has 0 fully saturated rings. The molecule has 0 aliphatic carbocycles. The van der Waals surface area contributed by atoms with E-state index in [-0.39, 0.29) is 12.6 Å². The first-order valence-electron chi connectivity index (χ1n) is 7.72. The van der Waals surface area contributed by atoms with Crippen molar-refractivity contribution in [2.24, 2.45) is 0 Å². The first-order valence-corrected chi connectivity index (χ1v) is 7.72. The molecule has 0 heterocycles. The maximum Gasteiger partial charge on any atom is 0.407 e. The number of hydrogen-bond acceptors (Lipinski definition) is 2. The molecule has 118 valence electrons. The zero-order valence-electron chi connectivity index (χ0n) is 13.1. The summed E-state index contributed by atoms with van der Waals surface area (Å²) in [6, 6.07) is 19.7. The van der Waals surface area contributed by atoms with E-state index in [1.807, 2.05) is 48.5 Å². The van der Waals surface area contributed by atoms with E-state index in [1.165, 1.54) is 5.56 Å². The van der Waals surface area contributed by atoms with Crippen LogP contribution in [0, 0.1) is 12.3 Å². The monoisotopic (exact) mass is 307 g/mol. The van der Waals surface area contributed by atoms with Crippen molar-refractivity contribution in [2.75, 3.05) is 0 Å². The molecule has 0 saturated carbocycles. The second-order valence-corrected chi connectivity index (χ2v) is 5.34. The van der Waals surface area contributed by atoms with Crippen LogP contribution in [0.3, 0.4) is 0 Å². The molecular formula is C20H21NO2. The summed E-state index contributed by atoms with van der Waals surface area (Å²) in [6.45, 7) is 0.258. The second-order valence-electron chi connectivity index (χ2n) is 5.34. The lowest BCUT2D eigenvalue weighted by atomic mass is 10.0. The summed E-state index contributed by atoms with van der Waals surface area (Å²) in [5, 5.41) is 2.85. The van der Waals surface area contributed by atoms with Crippen molar-refractivity contribution in [3.05, 3.63) is 71.8 Å². The molecule has 1 N–H and O–H groups in total. The van der Waals surface area contributed by atoms with Crippen molar-refractivity contribution >= 4 is 6.09 Å². The Bertz CT molecular complexity index is 632. The molecule has 1 atom stereocenters. The summed E-state index contributed by atoms with van der Waals surface area (Å²) in [5.41, 5.74) is 2.19. The van der Waals surface area contributed by atoms with Gasteiger partial charge >= 0.3 is 6.09 Å². The average Bonchev–Trinajstić information content (AvgIpc) is 2.60. The van der Waals surface area contributed by atoms with Gasteiger partial charge in [-0.15, -0.1) is 12.3 Å². The van der Waals surface area contributed by atoms with E-state index in [2.05, 4.69) is 23.4 Å². The molecule has 3 nitrogen and oxygen atoms in total. The summed E-state index contributed by atoms with van der Waals surface area (Å²) in [5.74, 6) is 2.61. The zero-order chi connectivity index (χ0) is 16.3. The first-order chi connectivity index (χ1) is 11.3. The van der Waals surface area contributed by atoms with Crippen LogP contribution in [0.5, 0.6) is 0 Å². The highest BCUT2D eigenvalue weighted by Gasteiger charge is 2.12. The Labute approximate surface area is 137 Å². The highest BCUT2D eigenvalue weighted by molar-refractivity contribution is 5.67. The van der Waals surface area contributed by atoms with Crippen molar-refractivity contribution in [3.63, 3.8) is 0 Å². The van der Waals surface area contributed by atoms with Gasteiger partial charge in [-0.05, 0) is 24.0 Å². The molecule has 2 rings (SSSR count). The third-order valence-corrected chi connectivity index (χ3v) is 3.52. The van der Waals surface area contributed by atoms with Gasteiger partial charge in [0.05, 0.1) is 0 Å². The van der Waals surface area contributed by atoms with Gasteiger partial charge < -0.3 is 10.1 Å². The number of ether oxygens (including phenoxy) is 1. The minimum atomic E-state index is -0.429. The quantitative estimate of drug-likeness (QED) is 0.787. The lowest BCUT2D eigenvalue weighted by Crippen LogP contribution is -2.35. The molecule has 2 aromatic rings. The van der Waals surface area contributed by atoms with E-state index in [1.54, 1.807) is 0 Å². The molecule has 0 bridgehead atoms. The third kappa shape index (κ3) is 6.27. The molecule has 0 aromatic heterocycles. The predicted molar refractivity (Wildman–Crippen MR) is 91.8 cm³/mol. The number of nitrogens with one attached hydrogen (secondary N) is 1. The molecule has 1 amide bonds. The largest absolute Gasteiger partial charge is 0.445 e. The van der Waals surface area contributed by atoms with E-state index in [0.29, 0.717) is 6.42 Å². The van der Waals surface area contributed by atoms with Crippen molar-refractivity contribution < 1.29 is 9.53 Å². The van der Waals surface area contributed by atoms with E-state index >= 15 is 0 Å². The van der Waals surface area contributed by atoms with Gasteiger partial charge in [0.15, 0.2) is 0 Å². The van der Waals surface area contributed by atoms with E-state index < -0.39 is 6.09 Å². The first kappa shape index (κ1) is 16.6. The van der Waals surface area contributed by atoms with Crippen LogP contribution in [0.1, 0.15) is 24.0 Å². The number of terminal acetylenes is 1. The molecule has 0 aliphatic heterocycles. The van der Waals surface area contributed by atoms with Gasteiger partial charge in [-0.2, -0.15) is 0 Å². The summed E-state index contributed by atoms with van der Waals surface area (Å²) >= 11 is 0. The summed E-state index contributed by atoms with van der Waals surface area (Å²) in [4.78, 5) is 11.9. The number of amides is 1. The Balaban J connectivity index is 1.79. The van der Waals surface area contributed by atoms with Gasteiger partial charge in [0.2, 0.25) is 0 Å². The van der Waals surface area contributed by atoms with Gasteiger partial charge in [0.1, 0.15) is 6.61 Å². The normalized spacial score (nSPS) is 11.3. The predicted octanol–water partition coefficient (Wildman–Crippen LogP) is 3.94. The van der Waals surface area contributed by atoms with Crippen molar-refractivity contribution in [1.29, 1.82) is 0 Å². The number of aryl methyl sites for hydroxylation is 1. The fraction of sp³-hybridized carbons (Fsp3) is 0.250. The van der Waals surface area contributed by atoms with Gasteiger partial charge in [-0.3, -0.25) is 0 Å². The molecule has 0 saturated heterocycles. The molecule has 0 aliphatic rings. The highest BCUT2D eigenvalue weighted by atomic mass is 16.5. The molecular weight excluding hydrogens is 286 g/mol. The Kier molecular flexibility index (Phi) is 6.74.